The Hall–Kier alpha value is -0.520. The summed E-state index contributed by atoms with van der Waals surface area (Å²) in [6.07, 6.45) is 21.7. The van der Waals surface area contributed by atoms with Crippen molar-refractivity contribution in [3.05, 3.63) is 22.3 Å². The van der Waals surface area contributed by atoms with E-state index in [0.29, 0.717) is 0 Å². The topological polar surface area (TPSA) is 0 Å². The van der Waals surface area contributed by atoms with Crippen molar-refractivity contribution < 1.29 is 0 Å². The standard InChI is InChI=1S/C19H30/c1-2-4-8-16(9-5-3-1)18-12-14-19(15-13-18)17-10-6-7-11-17/h1-15H2. The largest absolute Gasteiger partial charge is 0.0710 e. The maximum absolute atomic E-state index is 1.88. The molecule has 0 radical (unpaired) electrons. The molecule has 0 nitrogen and oxygen atoms in total. The molecule has 3 fully saturated rings. The van der Waals surface area contributed by atoms with Crippen LogP contribution in [0.4, 0.5) is 0 Å². The van der Waals surface area contributed by atoms with Crippen LogP contribution in [0.5, 0.6) is 0 Å². The number of allylic oxidation sites excluding steroid dienone is 4. The van der Waals surface area contributed by atoms with Crippen LogP contribution in [-0.4, -0.2) is 0 Å². The smallest absolute Gasteiger partial charge is 0.0280 e. The van der Waals surface area contributed by atoms with Gasteiger partial charge in [0.05, 0.1) is 0 Å². The van der Waals surface area contributed by atoms with Crippen LogP contribution in [0.25, 0.3) is 0 Å². The van der Waals surface area contributed by atoms with Gasteiger partial charge in [0.1, 0.15) is 0 Å². The van der Waals surface area contributed by atoms with Gasteiger partial charge in [-0.25, -0.2) is 0 Å². The number of rotatable bonds is 0. The third kappa shape index (κ3) is 3.52. The van der Waals surface area contributed by atoms with E-state index in [1.165, 1.54) is 96.3 Å². The average molecular weight is 258 g/mol. The Kier molecular flexibility index (Phi) is 4.80. The van der Waals surface area contributed by atoms with E-state index in [9.17, 15) is 0 Å². The average Bonchev–Trinajstić information content (AvgIpc) is 2.93. The first-order valence-corrected chi connectivity index (χ1v) is 8.83. The zero-order valence-corrected chi connectivity index (χ0v) is 12.6. The minimum Gasteiger partial charge on any atom is -0.0710 e. The van der Waals surface area contributed by atoms with Crippen molar-refractivity contribution >= 4 is 0 Å². The summed E-state index contributed by atoms with van der Waals surface area (Å²) in [7, 11) is 0. The van der Waals surface area contributed by atoms with Gasteiger partial charge in [-0.05, 0) is 77.0 Å². The highest BCUT2D eigenvalue weighted by atomic mass is 14.2. The lowest BCUT2D eigenvalue weighted by Crippen LogP contribution is -2.04. The Bertz CT molecular complexity index is 339. The summed E-state index contributed by atoms with van der Waals surface area (Å²) in [5.74, 6) is 0. The highest BCUT2D eigenvalue weighted by molar-refractivity contribution is 5.26. The third-order valence-corrected chi connectivity index (χ3v) is 5.62. The fraction of sp³-hybridized carbons (Fsp3) is 0.789. The highest BCUT2D eigenvalue weighted by Gasteiger charge is 2.19. The van der Waals surface area contributed by atoms with Crippen LogP contribution >= 0.6 is 0 Å². The third-order valence-electron chi connectivity index (χ3n) is 5.62. The van der Waals surface area contributed by atoms with Crippen LogP contribution < -0.4 is 0 Å². The van der Waals surface area contributed by atoms with Crippen LogP contribution in [0.1, 0.15) is 96.3 Å². The zero-order chi connectivity index (χ0) is 12.9. The van der Waals surface area contributed by atoms with Crippen molar-refractivity contribution in [3.63, 3.8) is 0 Å². The molecule has 0 heterocycles. The first kappa shape index (κ1) is 13.5. The van der Waals surface area contributed by atoms with Crippen LogP contribution in [-0.2, 0) is 0 Å². The lowest BCUT2D eigenvalue weighted by Gasteiger charge is -2.24. The molecule has 3 aliphatic carbocycles. The summed E-state index contributed by atoms with van der Waals surface area (Å²) < 4.78 is 0. The molecule has 0 spiro atoms. The molecule has 19 heavy (non-hydrogen) atoms. The SMILES string of the molecule is C1CCCC(=C2CCC(=C3CCCC3)CC2)CCC1. The summed E-state index contributed by atoms with van der Waals surface area (Å²) in [5, 5.41) is 0. The second kappa shape index (κ2) is 6.77. The predicted molar refractivity (Wildman–Crippen MR) is 83.3 cm³/mol. The van der Waals surface area contributed by atoms with E-state index in [2.05, 4.69) is 0 Å². The van der Waals surface area contributed by atoms with E-state index < -0.39 is 0 Å². The molecule has 0 amide bonds. The van der Waals surface area contributed by atoms with Gasteiger partial charge in [-0.2, -0.15) is 0 Å². The Morgan fingerprint density at radius 1 is 0.263 bits per heavy atom. The van der Waals surface area contributed by atoms with Gasteiger partial charge in [0.2, 0.25) is 0 Å². The molecule has 0 saturated heterocycles. The normalized spacial score (nSPS) is 26.5. The molecular formula is C19H30. The molecule has 3 aliphatic rings. The van der Waals surface area contributed by atoms with Crippen LogP contribution in [0, 0.1) is 0 Å². The van der Waals surface area contributed by atoms with Gasteiger partial charge in [-0.1, -0.05) is 41.6 Å². The molecule has 0 bridgehead atoms. The molecule has 0 aliphatic heterocycles. The summed E-state index contributed by atoms with van der Waals surface area (Å²) in [5.41, 5.74) is 7.49. The Balaban J connectivity index is 1.63. The van der Waals surface area contributed by atoms with Gasteiger partial charge < -0.3 is 0 Å². The molecule has 0 heteroatoms. The lowest BCUT2D eigenvalue weighted by atomic mass is 9.82. The number of hydrogen-bond acceptors (Lipinski definition) is 0. The van der Waals surface area contributed by atoms with Gasteiger partial charge in [0.25, 0.3) is 0 Å². The second-order valence-corrected chi connectivity index (χ2v) is 6.89. The van der Waals surface area contributed by atoms with Gasteiger partial charge in [-0.3, -0.25) is 0 Å². The van der Waals surface area contributed by atoms with E-state index in [0.717, 1.165) is 0 Å². The Morgan fingerprint density at radius 3 is 0.947 bits per heavy atom. The molecule has 0 unspecified atom stereocenters. The summed E-state index contributed by atoms with van der Waals surface area (Å²) in [6, 6.07) is 0. The van der Waals surface area contributed by atoms with Crippen molar-refractivity contribution in [2.45, 2.75) is 96.3 Å². The second-order valence-electron chi connectivity index (χ2n) is 6.89. The molecule has 0 atom stereocenters. The quantitative estimate of drug-likeness (QED) is 0.437. The van der Waals surface area contributed by atoms with Gasteiger partial charge >= 0.3 is 0 Å². The van der Waals surface area contributed by atoms with E-state index in [4.69, 9.17) is 0 Å². The summed E-state index contributed by atoms with van der Waals surface area (Å²) in [4.78, 5) is 0. The maximum atomic E-state index is 1.88. The molecule has 3 rings (SSSR count). The van der Waals surface area contributed by atoms with Crippen molar-refractivity contribution in [3.8, 4) is 0 Å². The van der Waals surface area contributed by atoms with E-state index in [-0.39, 0.29) is 0 Å². The minimum absolute atomic E-state index is 1.41. The molecular weight excluding hydrogens is 228 g/mol. The van der Waals surface area contributed by atoms with Crippen molar-refractivity contribution in [1.29, 1.82) is 0 Å². The summed E-state index contributed by atoms with van der Waals surface area (Å²) >= 11 is 0. The first-order valence-electron chi connectivity index (χ1n) is 8.83. The van der Waals surface area contributed by atoms with Gasteiger partial charge in [-0.15, -0.1) is 0 Å². The minimum atomic E-state index is 1.41. The lowest BCUT2D eigenvalue weighted by molar-refractivity contribution is 0.556. The fourth-order valence-corrected chi connectivity index (χ4v) is 4.40. The molecule has 0 aromatic carbocycles. The Morgan fingerprint density at radius 2 is 0.526 bits per heavy atom. The van der Waals surface area contributed by atoms with Crippen molar-refractivity contribution in [2.24, 2.45) is 0 Å². The molecule has 3 saturated carbocycles. The molecule has 0 aromatic rings. The van der Waals surface area contributed by atoms with Gasteiger partial charge in [0.15, 0.2) is 0 Å². The molecule has 0 aromatic heterocycles. The van der Waals surface area contributed by atoms with Crippen molar-refractivity contribution in [1.82, 2.24) is 0 Å². The van der Waals surface area contributed by atoms with Crippen LogP contribution in [0.15, 0.2) is 22.3 Å². The summed E-state index contributed by atoms with van der Waals surface area (Å²) in [6.45, 7) is 0. The van der Waals surface area contributed by atoms with E-state index in [1.54, 1.807) is 0 Å². The monoisotopic (exact) mass is 258 g/mol. The fourth-order valence-electron chi connectivity index (χ4n) is 4.40. The highest BCUT2D eigenvalue weighted by Crippen LogP contribution is 2.38. The maximum Gasteiger partial charge on any atom is -0.0280 e. The Labute approximate surface area is 119 Å². The van der Waals surface area contributed by atoms with E-state index >= 15 is 0 Å². The number of hydrogen-bond donors (Lipinski definition) is 0. The molecule has 0 N–H and O–H groups in total. The van der Waals surface area contributed by atoms with Gasteiger partial charge in [0, 0.05) is 0 Å². The van der Waals surface area contributed by atoms with E-state index in [1.807, 2.05) is 22.3 Å². The zero-order valence-electron chi connectivity index (χ0n) is 12.6. The first-order chi connectivity index (χ1) is 9.43. The van der Waals surface area contributed by atoms with Crippen LogP contribution in [0.3, 0.4) is 0 Å². The predicted octanol–water partition coefficient (Wildman–Crippen LogP) is 6.47. The molecule has 106 valence electrons. The van der Waals surface area contributed by atoms with Crippen molar-refractivity contribution in [2.75, 3.05) is 0 Å². The van der Waals surface area contributed by atoms with Crippen LogP contribution in [0.2, 0.25) is 0 Å².